The van der Waals surface area contributed by atoms with E-state index in [1.165, 1.54) is 4.90 Å². The molecule has 0 bridgehead atoms. The van der Waals surface area contributed by atoms with Gasteiger partial charge in [-0.1, -0.05) is 48.9 Å². The Morgan fingerprint density at radius 3 is 2.44 bits per heavy atom. The SMILES string of the molecule is CC(CCCC(=O)N(CCN(C)C)C[C@H](O)[C@@H](O)[C@H](O)[C@H](O)CO)c1ccc(Cl)c(CNC2(c3cnccc3-c3ccccc3OC3CC3)CC2)c1. The molecule has 2 fully saturated rings. The maximum Gasteiger partial charge on any atom is 0.222 e. The van der Waals surface area contributed by atoms with E-state index in [2.05, 4.69) is 35.4 Å². The highest BCUT2D eigenvalue weighted by atomic mass is 35.5. The molecule has 284 valence electrons. The number of rotatable bonds is 21. The van der Waals surface area contributed by atoms with Gasteiger partial charge in [-0.2, -0.15) is 0 Å². The first-order chi connectivity index (χ1) is 24.9. The van der Waals surface area contributed by atoms with Crippen LogP contribution in [0, 0.1) is 0 Å². The third-order valence-corrected chi connectivity index (χ3v) is 10.6. The summed E-state index contributed by atoms with van der Waals surface area (Å²) in [5.41, 5.74) is 5.30. The number of aromatic nitrogens is 1. The zero-order chi connectivity index (χ0) is 37.4. The second-order valence-electron chi connectivity index (χ2n) is 14.8. The van der Waals surface area contributed by atoms with Crippen LogP contribution in [0.2, 0.25) is 5.02 Å². The maximum atomic E-state index is 13.3. The van der Waals surface area contributed by atoms with E-state index < -0.39 is 31.0 Å². The summed E-state index contributed by atoms with van der Waals surface area (Å²) in [6.07, 6.45) is 3.31. The molecule has 52 heavy (non-hydrogen) atoms. The monoisotopic (exact) mass is 738 g/mol. The average molecular weight is 739 g/mol. The van der Waals surface area contributed by atoms with Crippen LogP contribution in [0.1, 0.15) is 74.5 Å². The Labute approximate surface area is 312 Å². The van der Waals surface area contributed by atoms with Crippen molar-refractivity contribution in [3.8, 4) is 16.9 Å². The fourth-order valence-corrected chi connectivity index (χ4v) is 6.74. The van der Waals surface area contributed by atoms with E-state index in [0.29, 0.717) is 37.2 Å². The van der Waals surface area contributed by atoms with Gasteiger partial charge in [0, 0.05) is 61.1 Å². The number of nitrogens with zero attached hydrogens (tertiary/aromatic N) is 3. The summed E-state index contributed by atoms with van der Waals surface area (Å²) in [5, 5.41) is 54.2. The Morgan fingerprint density at radius 1 is 1.02 bits per heavy atom. The summed E-state index contributed by atoms with van der Waals surface area (Å²) in [4.78, 5) is 21.2. The van der Waals surface area contributed by atoms with E-state index in [9.17, 15) is 25.2 Å². The number of nitrogens with one attached hydrogen (secondary N) is 1. The van der Waals surface area contributed by atoms with Gasteiger partial charge in [-0.05, 0) is 99.0 Å². The average Bonchev–Trinajstić information content (AvgIpc) is 4.09. The number of ether oxygens (including phenoxy) is 1. The number of aliphatic hydroxyl groups excluding tert-OH is 5. The molecule has 2 saturated carbocycles. The van der Waals surface area contributed by atoms with E-state index in [1.54, 1.807) is 0 Å². The van der Waals surface area contributed by atoms with Crippen molar-refractivity contribution in [2.24, 2.45) is 0 Å². The molecule has 5 atom stereocenters. The molecule has 0 saturated heterocycles. The zero-order valence-electron chi connectivity index (χ0n) is 30.5. The van der Waals surface area contributed by atoms with E-state index in [4.69, 9.17) is 21.4 Å². The number of halogens is 1. The van der Waals surface area contributed by atoms with Gasteiger partial charge in [0.05, 0.1) is 12.7 Å². The van der Waals surface area contributed by atoms with Gasteiger partial charge in [0.1, 0.15) is 30.2 Å². The quantitative estimate of drug-likeness (QED) is 0.0950. The second-order valence-corrected chi connectivity index (χ2v) is 15.2. The zero-order valence-corrected chi connectivity index (χ0v) is 31.3. The van der Waals surface area contributed by atoms with Crippen LogP contribution in [0.15, 0.2) is 60.9 Å². The number of carbonyl (C=O) groups excluding carboxylic acids is 1. The van der Waals surface area contributed by atoms with Crippen LogP contribution in [-0.4, -0.2) is 117 Å². The molecule has 0 aliphatic heterocycles. The molecule has 5 rings (SSSR count). The molecule has 1 unspecified atom stereocenters. The van der Waals surface area contributed by atoms with Crippen LogP contribution >= 0.6 is 11.6 Å². The minimum absolute atomic E-state index is 0.157. The van der Waals surface area contributed by atoms with Crippen molar-refractivity contribution in [1.82, 2.24) is 20.1 Å². The van der Waals surface area contributed by atoms with Gasteiger partial charge in [0.15, 0.2) is 0 Å². The second kappa shape index (κ2) is 18.3. The van der Waals surface area contributed by atoms with Crippen LogP contribution in [0.4, 0.5) is 0 Å². The third kappa shape index (κ3) is 10.5. The first-order valence-electron chi connectivity index (χ1n) is 18.4. The van der Waals surface area contributed by atoms with E-state index >= 15 is 0 Å². The fraction of sp³-hybridized carbons (Fsp3) is 0.550. The molecular weight excluding hydrogens is 684 g/mol. The lowest BCUT2D eigenvalue weighted by molar-refractivity contribution is -0.140. The first kappa shape index (κ1) is 40.1. The summed E-state index contributed by atoms with van der Waals surface area (Å²) < 4.78 is 6.27. The minimum Gasteiger partial charge on any atom is -0.490 e. The highest BCUT2D eigenvalue weighted by Crippen LogP contribution is 2.50. The molecule has 1 amide bonds. The molecule has 0 radical (unpaired) electrons. The lowest BCUT2D eigenvalue weighted by atomic mass is 9.93. The number of para-hydroxylation sites is 1. The number of amides is 1. The number of aliphatic hydroxyl groups is 5. The number of hydrogen-bond donors (Lipinski definition) is 6. The molecule has 2 aliphatic rings. The van der Waals surface area contributed by atoms with Gasteiger partial charge < -0.3 is 45.4 Å². The summed E-state index contributed by atoms with van der Waals surface area (Å²) in [5.74, 6) is 0.890. The summed E-state index contributed by atoms with van der Waals surface area (Å²) in [7, 11) is 3.75. The van der Waals surface area contributed by atoms with Gasteiger partial charge in [0.25, 0.3) is 0 Å². The third-order valence-electron chi connectivity index (χ3n) is 10.3. The minimum atomic E-state index is -1.75. The largest absolute Gasteiger partial charge is 0.490 e. The number of carbonyl (C=O) groups is 1. The molecule has 1 aromatic heterocycles. The Bertz CT molecular complexity index is 1620. The topological polar surface area (TPSA) is 159 Å². The van der Waals surface area contributed by atoms with Gasteiger partial charge in [-0.25, -0.2) is 0 Å². The first-order valence-corrected chi connectivity index (χ1v) is 18.8. The molecule has 12 heteroatoms. The predicted molar refractivity (Wildman–Crippen MR) is 201 cm³/mol. The summed E-state index contributed by atoms with van der Waals surface area (Å²) >= 11 is 6.74. The number of hydrogen-bond acceptors (Lipinski definition) is 10. The van der Waals surface area contributed by atoms with Crippen molar-refractivity contribution >= 4 is 17.5 Å². The van der Waals surface area contributed by atoms with Crippen molar-refractivity contribution < 1.29 is 35.1 Å². The number of benzene rings is 2. The van der Waals surface area contributed by atoms with Crippen molar-refractivity contribution in [2.45, 2.75) is 100 Å². The molecule has 3 aromatic rings. The van der Waals surface area contributed by atoms with Crippen LogP contribution < -0.4 is 10.1 Å². The molecule has 11 nitrogen and oxygen atoms in total. The van der Waals surface area contributed by atoms with Crippen molar-refractivity contribution in [2.75, 3.05) is 40.3 Å². The van der Waals surface area contributed by atoms with E-state index in [1.807, 2.05) is 61.7 Å². The number of pyridine rings is 1. The van der Waals surface area contributed by atoms with Crippen molar-refractivity contribution in [3.05, 3.63) is 82.6 Å². The Kier molecular flexibility index (Phi) is 14.1. The summed E-state index contributed by atoms with van der Waals surface area (Å²) in [6.45, 7) is 2.60. The lowest BCUT2D eigenvalue weighted by Crippen LogP contribution is -2.51. The standard InChI is InChI=1S/C40H55ClN4O7/c1-26(7-6-10-37(49)45(20-19-44(2)3)24-34(47)38(50)39(51)35(48)25-46)27-11-14-33(41)28(21-27)22-43-40(16-17-40)32-23-42-18-15-30(32)31-8-4-5-9-36(31)52-29-12-13-29/h4-5,8-9,11,14-15,18,21,23,26,29,34-35,38-39,43,46-48,50-51H,6-7,10,12-13,16-17,19-20,22,24-25H2,1-3H3/t26?,34-,35+,38+,39+/m0/s1. The number of likely N-dealkylation sites (N-methyl/N-ethyl adjacent to an activating group) is 1. The van der Waals surface area contributed by atoms with Crippen LogP contribution in [0.3, 0.4) is 0 Å². The molecular formula is C40H55ClN4O7. The highest BCUT2D eigenvalue weighted by Gasteiger charge is 2.46. The Hall–Kier alpha value is -3.13. The van der Waals surface area contributed by atoms with Crippen LogP contribution in [0.5, 0.6) is 5.75 Å². The Morgan fingerprint density at radius 2 is 1.75 bits per heavy atom. The van der Waals surface area contributed by atoms with Gasteiger partial charge >= 0.3 is 0 Å². The molecule has 6 N–H and O–H groups in total. The van der Waals surface area contributed by atoms with Crippen LogP contribution in [0.25, 0.3) is 11.1 Å². The molecule has 2 aliphatic carbocycles. The lowest BCUT2D eigenvalue weighted by Gasteiger charge is -2.31. The van der Waals surface area contributed by atoms with Gasteiger partial charge in [-0.3, -0.25) is 9.78 Å². The van der Waals surface area contributed by atoms with E-state index in [0.717, 1.165) is 65.7 Å². The fourth-order valence-electron chi connectivity index (χ4n) is 6.56. The maximum absolute atomic E-state index is 13.3. The van der Waals surface area contributed by atoms with Gasteiger partial charge in [-0.15, -0.1) is 0 Å². The summed E-state index contributed by atoms with van der Waals surface area (Å²) in [6, 6.07) is 16.4. The molecule has 0 spiro atoms. The van der Waals surface area contributed by atoms with E-state index in [-0.39, 0.29) is 30.3 Å². The van der Waals surface area contributed by atoms with Crippen LogP contribution in [-0.2, 0) is 16.9 Å². The van der Waals surface area contributed by atoms with Crippen molar-refractivity contribution in [1.29, 1.82) is 0 Å². The predicted octanol–water partition coefficient (Wildman–Crippen LogP) is 3.82. The smallest absolute Gasteiger partial charge is 0.222 e. The Balaban J connectivity index is 1.19. The molecule has 2 aromatic carbocycles. The van der Waals surface area contributed by atoms with Crippen molar-refractivity contribution in [3.63, 3.8) is 0 Å². The molecule has 1 heterocycles. The highest BCUT2D eigenvalue weighted by molar-refractivity contribution is 6.31. The normalized spacial score (nSPS) is 18.0. The van der Waals surface area contributed by atoms with Gasteiger partial charge in [0.2, 0.25) is 5.91 Å².